The summed E-state index contributed by atoms with van der Waals surface area (Å²) in [6.07, 6.45) is 6.58. The first-order chi connectivity index (χ1) is 5.72. The Morgan fingerprint density at radius 3 is 2.33 bits per heavy atom. The Morgan fingerprint density at radius 1 is 1.83 bits per heavy atom. The lowest BCUT2D eigenvalue weighted by atomic mass is 10.5. The van der Waals surface area contributed by atoms with Crippen LogP contribution in [0.5, 0.6) is 0 Å². The standard InChI is InChI=1S/C4H6N2.C3H4.CH2N2/c1-4-2-3-5-6-4;2*1-3-2/h2H,3H2,1H3;1H,2H3;1H2. The van der Waals surface area contributed by atoms with Gasteiger partial charge in [-0.15, -0.1) is 12.3 Å². The lowest BCUT2D eigenvalue weighted by molar-refractivity contribution is 0.0110. The van der Waals surface area contributed by atoms with Crippen LogP contribution in [0.2, 0.25) is 0 Å². The van der Waals surface area contributed by atoms with Gasteiger partial charge in [0.1, 0.15) is 0 Å². The molecule has 0 spiro atoms. The summed E-state index contributed by atoms with van der Waals surface area (Å²) in [7, 11) is 0. The van der Waals surface area contributed by atoms with Gasteiger partial charge in [0, 0.05) is 0 Å². The number of rotatable bonds is 0. The van der Waals surface area contributed by atoms with E-state index in [2.05, 4.69) is 34.1 Å². The molecule has 1 rings (SSSR count). The van der Waals surface area contributed by atoms with Crippen LogP contribution in [-0.2, 0) is 0 Å². The van der Waals surface area contributed by atoms with Crippen molar-refractivity contribution in [2.45, 2.75) is 13.8 Å². The average molecular weight is 164 g/mol. The molecule has 0 saturated heterocycles. The number of hydrogen-bond acceptors (Lipinski definition) is 2. The fraction of sp³-hybridized carbons (Fsp3) is 0.375. The van der Waals surface area contributed by atoms with E-state index in [-0.39, 0.29) is 0 Å². The minimum atomic E-state index is 0.784. The second-order valence-electron chi connectivity index (χ2n) is 1.70. The van der Waals surface area contributed by atoms with E-state index in [0.717, 1.165) is 12.2 Å². The van der Waals surface area contributed by atoms with Crippen molar-refractivity contribution in [2.75, 3.05) is 6.54 Å². The third kappa shape index (κ3) is 15.7. The molecule has 64 valence electrons. The van der Waals surface area contributed by atoms with Gasteiger partial charge < -0.3 is 5.53 Å². The molecule has 0 bridgehead atoms. The highest BCUT2D eigenvalue weighted by molar-refractivity contribution is 5.12. The van der Waals surface area contributed by atoms with Crippen LogP contribution in [0.25, 0.3) is 5.53 Å². The molecular formula is C8H12N4. The van der Waals surface area contributed by atoms with Crippen molar-refractivity contribution in [3.8, 4) is 12.3 Å². The summed E-state index contributed by atoms with van der Waals surface area (Å²) in [4.78, 5) is 2.25. The zero-order valence-corrected chi connectivity index (χ0v) is 7.36. The van der Waals surface area contributed by atoms with E-state index >= 15 is 0 Å². The third-order valence-electron chi connectivity index (χ3n) is 0.697. The lowest BCUT2D eigenvalue weighted by Crippen LogP contribution is -1.57. The van der Waals surface area contributed by atoms with Gasteiger partial charge in [0.2, 0.25) is 6.72 Å². The molecule has 0 N–H and O–H groups in total. The van der Waals surface area contributed by atoms with Crippen molar-refractivity contribution in [1.29, 1.82) is 0 Å². The lowest BCUT2D eigenvalue weighted by Gasteiger charge is -1.69. The topological polar surface area (TPSA) is 61.1 Å². The van der Waals surface area contributed by atoms with Crippen LogP contribution in [0.4, 0.5) is 0 Å². The fourth-order valence-corrected chi connectivity index (χ4v) is 0.366. The van der Waals surface area contributed by atoms with Gasteiger partial charge in [0.15, 0.2) is 0 Å². The highest BCUT2D eigenvalue weighted by atomic mass is 15.1. The summed E-state index contributed by atoms with van der Waals surface area (Å²) in [6.45, 7) is 7.04. The van der Waals surface area contributed by atoms with Crippen molar-refractivity contribution < 1.29 is 4.79 Å². The first kappa shape index (κ1) is 12.9. The van der Waals surface area contributed by atoms with E-state index < -0.39 is 0 Å². The third-order valence-corrected chi connectivity index (χ3v) is 0.697. The summed E-state index contributed by atoms with van der Waals surface area (Å²) in [6, 6.07) is 0. The van der Waals surface area contributed by atoms with Gasteiger partial charge in [0.05, 0.1) is 12.2 Å². The maximum atomic E-state index is 7.08. The second kappa shape index (κ2) is 12.0. The van der Waals surface area contributed by atoms with Gasteiger partial charge >= 0.3 is 0 Å². The molecule has 1 aliphatic rings. The van der Waals surface area contributed by atoms with Crippen LogP contribution in [0.1, 0.15) is 13.8 Å². The average Bonchev–Trinajstić information content (AvgIpc) is 2.43. The molecule has 4 nitrogen and oxygen atoms in total. The van der Waals surface area contributed by atoms with Crippen molar-refractivity contribution in [3.63, 3.8) is 0 Å². The molecule has 0 unspecified atom stereocenters. The van der Waals surface area contributed by atoms with Gasteiger partial charge in [-0.3, -0.25) is 0 Å². The van der Waals surface area contributed by atoms with Crippen LogP contribution in [0.3, 0.4) is 0 Å². The first-order valence-electron chi connectivity index (χ1n) is 3.24. The molecule has 0 amide bonds. The molecule has 0 aromatic carbocycles. The number of nitrogens with zero attached hydrogens (tertiary/aromatic N) is 4. The quantitative estimate of drug-likeness (QED) is 0.227. The Hall–Kier alpha value is -1.72. The molecule has 1 aliphatic heterocycles. The second-order valence-corrected chi connectivity index (χ2v) is 1.70. The van der Waals surface area contributed by atoms with Crippen LogP contribution >= 0.6 is 0 Å². The van der Waals surface area contributed by atoms with E-state index in [1.54, 1.807) is 6.92 Å². The van der Waals surface area contributed by atoms with Gasteiger partial charge in [-0.1, -0.05) is 0 Å². The molecular weight excluding hydrogens is 152 g/mol. The largest absolute Gasteiger partial charge is 0.362 e. The highest BCUT2D eigenvalue weighted by Crippen LogP contribution is 2.01. The Morgan fingerprint density at radius 2 is 2.25 bits per heavy atom. The van der Waals surface area contributed by atoms with Crippen LogP contribution < -0.4 is 0 Å². The highest BCUT2D eigenvalue weighted by Gasteiger charge is 1.87. The number of terminal acetylenes is 1. The van der Waals surface area contributed by atoms with Crippen LogP contribution in [0.15, 0.2) is 22.0 Å². The van der Waals surface area contributed by atoms with Crippen LogP contribution in [0, 0.1) is 12.3 Å². The van der Waals surface area contributed by atoms with Gasteiger partial charge in [-0.05, 0) is 19.9 Å². The van der Waals surface area contributed by atoms with Crippen molar-refractivity contribution in [3.05, 3.63) is 17.3 Å². The predicted octanol–water partition coefficient (Wildman–Crippen LogP) is 1.91. The molecule has 0 radical (unpaired) electrons. The van der Waals surface area contributed by atoms with Crippen molar-refractivity contribution >= 4 is 6.72 Å². The zero-order valence-electron chi connectivity index (χ0n) is 7.36. The maximum Gasteiger partial charge on any atom is 0.245 e. The molecule has 4 heteroatoms. The Kier molecular flexibility index (Phi) is 12.9. The summed E-state index contributed by atoms with van der Waals surface area (Å²) in [5.41, 5.74) is 8.12. The molecule has 12 heavy (non-hydrogen) atoms. The van der Waals surface area contributed by atoms with E-state index in [4.69, 9.17) is 5.53 Å². The predicted molar refractivity (Wildman–Crippen MR) is 48.7 cm³/mol. The molecule has 0 aliphatic carbocycles. The van der Waals surface area contributed by atoms with E-state index in [1.807, 2.05) is 13.0 Å². The Balaban J connectivity index is 0. The number of allylic oxidation sites excluding steroid dienone is 1. The molecule has 0 fully saturated rings. The number of azo groups is 1. The van der Waals surface area contributed by atoms with Crippen molar-refractivity contribution in [2.24, 2.45) is 10.2 Å². The molecule has 0 aromatic heterocycles. The SMILES string of the molecule is C#CC.C=[N+]=[N-].CC1=CCN=N1. The number of hydrogen-bond donors (Lipinski definition) is 0. The summed E-state index contributed by atoms with van der Waals surface area (Å²) < 4.78 is 0. The molecule has 0 aromatic rings. The smallest absolute Gasteiger partial charge is 0.245 e. The minimum Gasteiger partial charge on any atom is -0.362 e. The normalized spacial score (nSPS) is 10.6. The minimum absolute atomic E-state index is 0.784. The summed E-state index contributed by atoms with van der Waals surface area (Å²) in [5.74, 6) is 2.25. The van der Waals surface area contributed by atoms with Crippen LogP contribution in [-0.4, -0.2) is 18.1 Å². The summed E-state index contributed by atoms with van der Waals surface area (Å²) in [5, 5.41) is 7.42. The van der Waals surface area contributed by atoms with E-state index in [9.17, 15) is 0 Å². The Bertz CT molecular complexity index is 223. The molecule has 1 heterocycles. The van der Waals surface area contributed by atoms with Gasteiger partial charge in [0.25, 0.3) is 0 Å². The summed E-state index contributed by atoms with van der Waals surface area (Å²) >= 11 is 0. The first-order valence-corrected chi connectivity index (χ1v) is 3.24. The monoisotopic (exact) mass is 164 g/mol. The van der Waals surface area contributed by atoms with E-state index in [0.29, 0.717) is 0 Å². The maximum absolute atomic E-state index is 7.08. The molecule has 0 saturated carbocycles. The van der Waals surface area contributed by atoms with Gasteiger partial charge in [-0.2, -0.15) is 15.0 Å². The fourth-order valence-electron chi connectivity index (χ4n) is 0.366. The Labute approximate surface area is 72.6 Å². The zero-order chi connectivity index (χ0) is 9.82. The molecule has 0 atom stereocenters. The van der Waals surface area contributed by atoms with Crippen molar-refractivity contribution in [1.82, 2.24) is 0 Å². The van der Waals surface area contributed by atoms with E-state index in [1.165, 1.54) is 0 Å². The van der Waals surface area contributed by atoms with Gasteiger partial charge in [-0.25, -0.2) is 0 Å².